The summed E-state index contributed by atoms with van der Waals surface area (Å²) in [5.74, 6) is -4.12. The maximum absolute atomic E-state index is 13.8. The number of nitrogens with two attached hydrogens (primary N) is 1. The second-order valence-electron chi connectivity index (χ2n) is 5.23. The fourth-order valence-electron chi connectivity index (χ4n) is 2.58. The first-order valence-electron chi connectivity index (χ1n) is 6.67. The third-order valence-corrected chi connectivity index (χ3v) is 5.61. The van der Waals surface area contributed by atoms with Crippen molar-refractivity contribution in [3.05, 3.63) is 29.6 Å². The number of sulfonamides is 1. The fraction of sp³-hybridized carbons (Fsp3) is 0.538. The van der Waals surface area contributed by atoms with E-state index in [1.54, 1.807) is 6.92 Å². The third-order valence-electron chi connectivity index (χ3n) is 3.67. The molecule has 2 unspecified atom stereocenters. The summed E-state index contributed by atoms with van der Waals surface area (Å²) in [6.45, 7) is 1.85. The van der Waals surface area contributed by atoms with E-state index in [0.717, 1.165) is 10.7 Å². The van der Waals surface area contributed by atoms with Crippen LogP contribution in [0.5, 0.6) is 0 Å². The lowest BCUT2D eigenvalue weighted by molar-refractivity contribution is 0.226. The van der Waals surface area contributed by atoms with Crippen molar-refractivity contribution in [3.8, 4) is 0 Å². The molecule has 1 fully saturated rings. The molecule has 2 N–H and O–H groups in total. The molecular formula is C13H17F3N2O2S. The van der Waals surface area contributed by atoms with Crippen LogP contribution < -0.4 is 5.73 Å². The van der Waals surface area contributed by atoms with E-state index in [-0.39, 0.29) is 12.6 Å². The number of piperidine rings is 1. The normalized spacial score (nSPS) is 22.2. The fourth-order valence-corrected chi connectivity index (χ4v) is 4.42. The summed E-state index contributed by atoms with van der Waals surface area (Å²) in [4.78, 5) is -0.853. The Bertz CT molecular complexity index is 635. The predicted octanol–water partition coefficient (Wildman–Crippen LogP) is 1.99. The zero-order valence-corrected chi connectivity index (χ0v) is 12.3. The molecule has 2 rings (SSSR count). The minimum Gasteiger partial charge on any atom is -0.326 e. The zero-order valence-electron chi connectivity index (χ0n) is 11.5. The third kappa shape index (κ3) is 3.07. The summed E-state index contributed by atoms with van der Waals surface area (Å²) in [6, 6.07) is -0.287. The average Bonchev–Trinajstić information content (AvgIpc) is 2.42. The van der Waals surface area contributed by atoms with Crippen LogP contribution in [0.3, 0.4) is 0 Å². The van der Waals surface area contributed by atoms with Crippen molar-refractivity contribution in [1.29, 1.82) is 0 Å². The van der Waals surface area contributed by atoms with E-state index >= 15 is 0 Å². The van der Waals surface area contributed by atoms with E-state index in [2.05, 4.69) is 0 Å². The molecule has 0 spiro atoms. The maximum Gasteiger partial charge on any atom is 0.246 e. The van der Waals surface area contributed by atoms with Gasteiger partial charge in [0.25, 0.3) is 0 Å². The van der Waals surface area contributed by atoms with Crippen LogP contribution in [0.15, 0.2) is 17.0 Å². The van der Waals surface area contributed by atoms with E-state index in [1.165, 1.54) is 0 Å². The van der Waals surface area contributed by atoms with Crippen LogP contribution in [0.4, 0.5) is 13.2 Å². The molecule has 1 aliphatic heterocycles. The Balaban J connectivity index is 2.48. The molecule has 0 radical (unpaired) electrons. The van der Waals surface area contributed by atoms with E-state index in [9.17, 15) is 21.6 Å². The number of hydrogen-bond acceptors (Lipinski definition) is 3. The van der Waals surface area contributed by atoms with Crippen LogP contribution >= 0.6 is 0 Å². The molecular weight excluding hydrogens is 305 g/mol. The largest absolute Gasteiger partial charge is 0.326 e. The Morgan fingerprint density at radius 2 is 1.81 bits per heavy atom. The Morgan fingerprint density at radius 3 is 2.43 bits per heavy atom. The summed E-state index contributed by atoms with van der Waals surface area (Å²) >= 11 is 0. The smallest absolute Gasteiger partial charge is 0.246 e. The van der Waals surface area contributed by atoms with Gasteiger partial charge in [-0.1, -0.05) is 6.42 Å². The number of halogens is 3. The second kappa shape index (κ2) is 5.94. The SMILES string of the molecule is CC(N)C1CCCCN1S(=O)(=O)c1cc(F)c(F)cc1F. The second-order valence-corrected chi connectivity index (χ2v) is 7.09. The van der Waals surface area contributed by atoms with E-state index in [1.807, 2.05) is 0 Å². The zero-order chi connectivity index (χ0) is 15.8. The van der Waals surface area contributed by atoms with E-state index < -0.39 is 44.5 Å². The van der Waals surface area contributed by atoms with Gasteiger partial charge in [0.15, 0.2) is 11.6 Å². The number of rotatable bonds is 3. The van der Waals surface area contributed by atoms with Gasteiger partial charge in [0.05, 0.1) is 0 Å². The first-order valence-corrected chi connectivity index (χ1v) is 8.11. The molecule has 118 valence electrons. The lowest BCUT2D eigenvalue weighted by Gasteiger charge is -2.36. The first kappa shape index (κ1) is 16.3. The Hall–Kier alpha value is -1.12. The lowest BCUT2D eigenvalue weighted by atomic mass is 10.00. The van der Waals surface area contributed by atoms with Gasteiger partial charge < -0.3 is 5.73 Å². The van der Waals surface area contributed by atoms with Gasteiger partial charge >= 0.3 is 0 Å². The number of nitrogens with zero attached hydrogens (tertiary/aromatic N) is 1. The molecule has 0 bridgehead atoms. The van der Waals surface area contributed by atoms with Gasteiger partial charge in [0.2, 0.25) is 10.0 Å². The van der Waals surface area contributed by atoms with Gasteiger partial charge in [-0.25, -0.2) is 21.6 Å². The van der Waals surface area contributed by atoms with Crippen molar-refractivity contribution in [2.24, 2.45) is 5.73 Å². The summed E-state index contributed by atoms with van der Waals surface area (Å²) < 4.78 is 66.1. The van der Waals surface area contributed by atoms with Crippen molar-refractivity contribution in [2.45, 2.75) is 43.2 Å². The Kier molecular flexibility index (Phi) is 4.60. The molecule has 1 aliphatic rings. The molecule has 1 aromatic rings. The number of benzene rings is 1. The van der Waals surface area contributed by atoms with Gasteiger partial charge in [0, 0.05) is 24.7 Å². The highest BCUT2D eigenvalue weighted by molar-refractivity contribution is 7.89. The summed E-state index contributed by atoms with van der Waals surface area (Å²) in [5, 5.41) is 0. The summed E-state index contributed by atoms with van der Waals surface area (Å²) in [7, 11) is -4.25. The summed E-state index contributed by atoms with van der Waals surface area (Å²) in [6.07, 6.45) is 1.99. The highest BCUT2D eigenvalue weighted by atomic mass is 32.2. The van der Waals surface area contributed by atoms with Crippen molar-refractivity contribution < 1.29 is 21.6 Å². The molecule has 0 saturated carbocycles. The molecule has 1 saturated heterocycles. The van der Waals surface area contributed by atoms with Crippen molar-refractivity contribution in [1.82, 2.24) is 4.31 Å². The van der Waals surface area contributed by atoms with Gasteiger partial charge in [0.1, 0.15) is 10.7 Å². The van der Waals surface area contributed by atoms with Crippen molar-refractivity contribution in [3.63, 3.8) is 0 Å². The molecule has 1 aromatic carbocycles. The van der Waals surface area contributed by atoms with Crippen LogP contribution in [0.2, 0.25) is 0 Å². The maximum atomic E-state index is 13.8. The Labute approximate surface area is 121 Å². The molecule has 1 heterocycles. The highest BCUT2D eigenvalue weighted by Crippen LogP contribution is 2.29. The van der Waals surface area contributed by atoms with Crippen LogP contribution in [0.25, 0.3) is 0 Å². The van der Waals surface area contributed by atoms with E-state index in [4.69, 9.17) is 5.73 Å². The topological polar surface area (TPSA) is 63.4 Å². The minimum absolute atomic E-state index is 0.187. The molecule has 0 amide bonds. The molecule has 8 heteroatoms. The van der Waals surface area contributed by atoms with Gasteiger partial charge in [-0.2, -0.15) is 4.31 Å². The van der Waals surface area contributed by atoms with Crippen molar-refractivity contribution >= 4 is 10.0 Å². The average molecular weight is 322 g/mol. The number of hydrogen-bond donors (Lipinski definition) is 1. The highest BCUT2D eigenvalue weighted by Gasteiger charge is 2.37. The Morgan fingerprint density at radius 1 is 1.19 bits per heavy atom. The molecule has 2 atom stereocenters. The van der Waals surface area contributed by atoms with E-state index in [0.29, 0.717) is 18.9 Å². The minimum atomic E-state index is -4.25. The molecule has 0 aliphatic carbocycles. The summed E-state index contributed by atoms with van der Waals surface area (Å²) in [5.41, 5.74) is 5.79. The standard InChI is InChI=1S/C13H17F3N2O2S/c1-8(17)12-4-2-3-5-18(12)21(19,20)13-7-10(15)9(14)6-11(13)16/h6-8,12H,2-5,17H2,1H3. The quantitative estimate of drug-likeness (QED) is 0.866. The lowest BCUT2D eigenvalue weighted by Crippen LogP contribution is -2.51. The predicted molar refractivity (Wildman–Crippen MR) is 71.5 cm³/mol. The van der Waals surface area contributed by atoms with Gasteiger partial charge in [-0.3, -0.25) is 0 Å². The van der Waals surface area contributed by atoms with Crippen LogP contribution in [-0.2, 0) is 10.0 Å². The molecule has 4 nitrogen and oxygen atoms in total. The molecule has 21 heavy (non-hydrogen) atoms. The first-order chi connectivity index (χ1) is 9.75. The van der Waals surface area contributed by atoms with Gasteiger partial charge in [-0.15, -0.1) is 0 Å². The van der Waals surface area contributed by atoms with Gasteiger partial charge in [-0.05, 0) is 25.8 Å². The van der Waals surface area contributed by atoms with Crippen LogP contribution in [0, 0.1) is 17.5 Å². The van der Waals surface area contributed by atoms with Crippen LogP contribution in [-0.4, -0.2) is 31.4 Å². The van der Waals surface area contributed by atoms with Crippen LogP contribution in [0.1, 0.15) is 26.2 Å². The monoisotopic (exact) mass is 322 g/mol. The van der Waals surface area contributed by atoms with Crippen molar-refractivity contribution in [2.75, 3.05) is 6.54 Å². The molecule has 0 aromatic heterocycles.